The summed E-state index contributed by atoms with van der Waals surface area (Å²) in [5.41, 5.74) is -1.83. The molecule has 0 aliphatic carbocycles. The highest BCUT2D eigenvalue weighted by Crippen LogP contribution is 2.39. The molecule has 0 aliphatic rings. The van der Waals surface area contributed by atoms with Gasteiger partial charge in [0.15, 0.2) is 5.82 Å². The molecule has 40 heavy (non-hydrogen) atoms. The van der Waals surface area contributed by atoms with Crippen LogP contribution >= 0.6 is 50.7 Å². The fraction of sp³-hybridized carbons (Fsp3) is 0.160. The van der Waals surface area contributed by atoms with Crippen molar-refractivity contribution in [2.45, 2.75) is 23.6 Å². The number of benzene rings is 3. The van der Waals surface area contributed by atoms with Gasteiger partial charge in [-0.1, -0.05) is 17.7 Å². The minimum Gasteiger partial charge on any atom is -0.325 e. The first-order valence-corrected chi connectivity index (χ1v) is 12.8. The number of alkyl halides is 4. The maximum absolute atomic E-state index is 14.7. The third-order valence-corrected chi connectivity index (χ3v) is 6.68. The van der Waals surface area contributed by atoms with E-state index >= 15 is 0 Å². The second kappa shape index (κ2) is 12.7. The Bertz CT molecular complexity index is 1490. The lowest BCUT2D eigenvalue weighted by Gasteiger charge is -2.26. The van der Waals surface area contributed by atoms with Gasteiger partial charge in [-0.2, -0.15) is 8.78 Å². The normalized spacial score (nSPS) is 12.2. The fourth-order valence-corrected chi connectivity index (χ4v) is 4.54. The van der Waals surface area contributed by atoms with Gasteiger partial charge in [-0.25, -0.2) is 13.2 Å². The lowest BCUT2D eigenvalue weighted by atomic mass is 9.94. The van der Waals surface area contributed by atoms with E-state index in [4.69, 9.17) is 34.8 Å². The first-order valence-electron chi connectivity index (χ1n) is 10.9. The number of halogens is 9. The van der Waals surface area contributed by atoms with Crippen LogP contribution < -0.4 is 16.0 Å². The van der Waals surface area contributed by atoms with Crippen molar-refractivity contribution >= 4 is 85.5 Å². The number of nitrogens with one attached hydrogen (secondary N) is 3. The predicted octanol–water partition coefficient (Wildman–Crippen LogP) is 7.89. The Labute approximate surface area is 247 Å². The molecule has 3 aromatic rings. The zero-order valence-corrected chi connectivity index (χ0v) is 23.8. The number of rotatable bonds is 8. The van der Waals surface area contributed by atoms with Crippen LogP contribution in [-0.4, -0.2) is 28.5 Å². The summed E-state index contributed by atoms with van der Waals surface area (Å²) in [5.74, 6) is -8.40. The predicted molar refractivity (Wildman–Crippen MR) is 146 cm³/mol. The smallest absolute Gasteiger partial charge is 0.315 e. The van der Waals surface area contributed by atoms with Crippen molar-refractivity contribution in [3.05, 3.63) is 86.6 Å². The molecule has 0 radical (unpaired) electrons. The Kier molecular flexibility index (Phi) is 10.0. The van der Waals surface area contributed by atoms with Crippen LogP contribution in [-0.2, 0) is 9.59 Å². The number of carbonyl (C=O) groups is 3. The summed E-state index contributed by atoms with van der Waals surface area (Å²) < 4.78 is 65.9. The molecule has 0 aliphatic heterocycles. The van der Waals surface area contributed by atoms with Crippen LogP contribution in [0.1, 0.15) is 28.8 Å². The lowest BCUT2D eigenvalue weighted by Crippen LogP contribution is -2.32. The van der Waals surface area contributed by atoms with E-state index in [-0.39, 0.29) is 26.3 Å². The van der Waals surface area contributed by atoms with E-state index in [0.29, 0.717) is 6.07 Å². The molecule has 0 bridgehead atoms. The molecule has 212 valence electrons. The van der Waals surface area contributed by atoms with Gasteiger partial charge in [-0.3, -0.25) is 14.4 Å². The van der Waals surface area contributed by atoms with E-state index in [9.17, 15) is 36.3 Å². The van der Waals surface area contributed by atoms with E-state index in [2.05, 4.69) is 26.6 Å². The van der Waals surface area contributed by atoms with Gasteiger partial charge in [0.25, 0.3) is 11.8 Å². The fourth-order valence-electron chi connectivity index (χ4n) is 3.49. The van der Waals surface area contributed by atoms with Gasteiger partial charge in [0.1, 0.15) is 21.7 Å². The van der Waals surface area contributed by atoms with E-state index in [1.165, 1.54) is 36.5 Å². The quantitative estimate of drug-likeness (QED) is 0.166. The topological polar surface area (TPSA) is 87.3 Å². The number of hydrogen-bond acceptors (Lipinski definition) is 3. The minimum atomic E-state index is -3.55. The zero-order chi connectivity index (χ0) is 29.9. The molecule has 3 aromatic carbocycles. The molecule has 0 fully saturated rings. The molecular formula is C25H16BrCl3F5N3O3. The molecular weight excluding hydrogens is 672 g/mol. The highest BCUT2D eigenvalue weighted by atomic mass is 79.9. The standard InChI is InChI=1S/C25H16BrCl3F5N3O3/c1-25(28,29)18(10-2-5-15(30)13(26)8-10)23(39)35-11-3-4-14(27)12(9-11)22(38)36-17-7-6-16(31)20(19(17)32)37-24(40)21(33)34/h2-9,18,21H,1H3,(H,35,39)(H,36,38)(H,37,40)/t18-/m0/s1. The van der Waals surface area contributed by atoms with Gasteiger partial charge in [0.05, 0.1) is 26.7 Å². The van der Waals surface area contributed by atoms with E-state index in [1.807, 2.05) is 0 Å². The maximum Gasteiger partial charge on any atom is 0.315 e. The Morgan fingerprint density at radius 1 is 0.875 bits per heavy atom. The molecule has 0 spiro atoms. The van der Waals surface area contributed by atoms with Gasteiger partial charge in [-0.05, 0) is 70.9 Å². The molecule has 1 atom stereocenters. The number of anilines is 3. The average Bonchev–Trinajstić information content (AvgIpc) is 2.85. The summed E-state index contributed by atoms with van der Waals surface area (Å²) in [6.07, 6.45) is -3.55. The van der Waals surface area contributed by atoms with Crippen LogP contribution in [0.4, 0.5) is 39.0 Å². The maximum atomic E-state index is 14.7. The van der Waals surface area contributed by atoms with E-state index < -0.39 is 63.2 Å². The molecule has 15 heteroatoms. The second-order valence-electron chi connectivity index (χ2n) is 8.27. The first kappa shape index (κ1) is 31.6. The van der Waals surface area contributed by atoms with Crippen molar-refractivity contribution in [3.63, 3.8) is 0 Å². The Hall–Kier alpha value is -2.93. The van der Waals surface area contributed by atoms with Crippen molar-refractivity contribution in [3.8, 4) is 0 Å². The largest absolute Gasteiger partial charge is 0.325 e. The van der Waals surface area contributed by atoms with Crippen molar-refractivity contribution in [2.75, 3.05) is 16.0 Å². The van der Waals surface area contributed by atoms with Gasteiger partial charge in [0, 0.05) is 5.69 Å². The summed E-state index contributed by atoms with van der Waals surface area (Å²) in [7, 11) is 0. The van der Waals surface area contributed by atoms with Gasteiger partial charge in [-0.15, -0.1) is 23.2 Å². The zero-order valence-electron chi connectivity index (χ0n) is 19.9. The van der Waals surface area contributed by atoms with Crippen molar-refractivity contribution < 1.29 is 36.3 Å². The molecule has 3 rings (SSSR count). The van der Waals surface area contributed by atoms with Gasteiger partial charge >= 0.3 is 6.43 Å². The van der Waals surface area contributed by atoms with Gasteiger partial charge in [0.2, 0.25) is 5.91 Å². The van der Waals surface area contributed by atoms with Crippen LogP contribution in [0.2, 0.25) is 5.02 Å². The molecule has 0 saturated carbocycles. The Morgan fingerprint density at radius 2 is 1.52 bits per heavy atom. The van der Waals surface area contributed by atoms with Crippen molar-refractivity contribution in [2.24, 2.45) is 0 Å². The van der Waals surface area contributed by atoms with Gasteiger partial charge < -0.3 is 16.0 Å². The average molecular weight is 688 g/mol. The summed E-state index contributed by atoms with van der Waals surface area (Å²) in [4.78, 5) is 37.2. The molecule has 0 unspecified atom stereocenters. The van der Waals surface area contributed by atoms with Crippen LogP contribution in [0, 0.1) is 17.5 Å². The first-order chi connectivity index (χ1) is 18.6. The van der Waals surface area contributed by atoms with E-state index in [1.54, 1.807) is 0 Å². The van der Waals surface area contributed by atoms with Crippen molar-refractivity contribution in [1.29, 1.82) is 0 Å². The SMILES string of the molecule is CC(Cl)(Cl)[C@H](C(=O)Nc1ccc(Cl)c(C(=O)Nc2ccc(F)c(NC(=O)C(F)F)c2F)c1)c1ccc(F)c(Br)c1. The molecule has 0 saturated heterocycles. The number of amides is 3. The van der Waals surface area contributed by atoms with Crippen LogP contribution in [0.5, 0.6) is 0 Å². The number of carbonyl (C=O) groups excluding carboxylic acids is 3. The third-order valence-electron chi connectivity index (χ3n) is 5.31. The summed E-state index contributed by atoms with van der Waals surface area (Å²) in [6.45, 7) is 1.35. The number of hydrogen-bond donors (Lipinski definition) is 3. The Balaban J connectivity index is 1.87. The van der Waals surface area contributed by atoms with Crippen molar-refractivity contribution in [1.82, 2.24) is 0 Å². The van der Waals surface area contributed by atoms with Crippen LogP contribution in [0.25, 0.3) is 0 Å². The third kappa shape index (κ3) is 7.42. The highest BCUT2D eigenvalue weighted by Gasteiger charge is 2.38. The molecule has 0 aromatic heterocycles. The Morgan fingerprint density at radius 3 is 2.12 bits per heavy atom. The lowest BCUT2D eigenvalue weighted by molar-refractivity contribution is -0.126. The summed E-state index contributed by atoms with van der Waals surface area (Å²) in [5, 5.41) is 5.90. The summed E-state index contributed by atoms with van der Waals surface area (Å²) >= 11 is 21.6. The minimum absolute atomic E-state index is 0.0350. The van der Waals surface area contributed by atoms with E-state index in [0.717, 1.165) is 18.2 Å². The molecule has 3 amide bonds. The van der Waals surface area contributed by atoms with Crippen LogP contribution in [0.3, 0.4) is 0 Å². The highest BCUT2D eigenvalue weighted by molar-refractivity contribution is 9.10. The monoisotopic (exact) mass is 685 g/mol. The molecule has 6 nitrogen and oxygen atoms in total. The molecule has 0 heterocycles. The second-order valence-corrected chi connectivity index (χ2v) is 11.3. The van der Waals surface area contributed by atoms with Crippen LogP contribution in [0.15, 0.2) is 53.0 Å². The molecule has 3 N–H and O–H groups in total. The summed E-state index contributed by atoms with van der Waals surface area (Å²) in [6, 6.07) is 8.92.